The molecule has 37 heavy (non-hydrogen) atoms. The third-order valence-corrected chi connectivity index (χ3v) is 6.51. The number of benzene rings is 1. The van der Waals surface area contributed by atoms with Crippen LogP contribution in [0.25, 0.3) is 33.9 Å². The normalized spacial score (nSPS) is 13.6. The highest BCUT2D eigenvalue weighted by molar-refractivity contribution is 5.77. The Morgan fingerprint density at radius 3 is 2.76 bits per heavy atom. The molecule has 4 heterocycles. The van der Waals surface area contributed by atoms with Gasteiger partial charge in [0.1, 0.15) is 18.0 Å². The molecule has 0 bridgehead atoms. The van der Waals surface area contributed by atoms with Crippen molar-refractivity contribution in [1.29, 1.82) is 0 Å². The summed E-state index contributed by atoms with van der Waals surface area (Å²) in [6, 6.07) is 18.2. The van der Waals surface area contributed by atoms with Crippen LogP contribution in [0.4, 0.5) is 4.39 Å². The molecule has 0 radical (unpaired) electrons. The summed E-state index contributed by atoms with van der Waals surface area (Å²) in [5.41, 5.74) is 8.65. The van der Waals surface area contributed by atoms with Gasteiger partial charge in [0.25, 0.3) is 0 Å². The Bertz CT molecular complexity index is 1640. The lowest BCUT2D eigenvalue weighted by Crippen LogP contribution is -2.15. The van der Waals surface area contributed by atoms with Gasteiger partial charge in [0.05, 0.1) is 23.6 Å². The minimum absolute atomic E-state index is 0.0603. The Balaban J connectivity index is 1.27. The predicted octanol–water partition coefficient (Wildman–Crippen LogP) is 5.81. The molecule has 8 heteroatoms. The second-order valence-electron chi connectivity index (χ2n) is 9.12. The number of aromatic nitrogens is 6. The summed E-state index contributed by atoms with van der Waals surface area (Å²) in [6.07, 6.45) is 8.10. The minimum Gasteiger partial charge on any atom is -0.339 e. The first-order valence-electron chi connectivity index (χ1n) is 12.3. The van der Waals surface area contributed by atoms with Crippen molar-refractivity contribution in [3.63, 3.8) is 0 Å². The van der Waals surface area contributed by atoms with Gasteiger partial charge in [-0.1, -0.05) is 36.4 Å². The van der Waals surface area contributed by atoms with E-state index in [0.717, 1.165) is 50.9 Å². The average molecular weight is 492 g/mol. The smallest absolute Gasteiger partial charge is 0.155 e. The third-order valence-electron chi connectivity index (χ3n) is 6.51. The molecule has 5 aromatic rings. The van der Waals surface area contributed by atoms with Crippen LogP contribution in [-0.4, -0.2) is 29.5 Å². The van der Waals surface area contributed by atoms with Gasteiger partial charge in [0, 0.05) is 30.4 Å². The van der Waals surface area contributed by atoms with Gasteiger partial charge in [0.2, 0.25) is 0 Å². The number of aryl methyl sites for hydroxylation is 1. The summed E-state index contributed by atoms with van der Waals surface area (Å²) in [5, 5.41) is 7.80. The lowest BCUT2D eigenvalue weighted by Gasteiger charge is -2.15. The molecule has 184 valence electrons. The molecule has 0 saturated carbocycles. The van der Waals surface area contributed by atoms with Crippen molar-refractivity contribution in [3.05, 3.63) is 108 Å². The van der Waals surface area contributed by atoms with Gasteiger partial charge in [0.15, 0.2) is 5.65 Å². The fourth-order valence-electron chi connectivity index (χ4n) is 4.68. The first kappa shape index (κ1) is 23.0. The second kappa shape index (κ2) is 9.91. The van der Waals surface area contributed by atoms with Crippen molar-refractivity contribution in [2.24, 2.45) is 0 Å². The lowest BCUT2D eigenvalue weighted by atomic mass is 9.93. The quantitative estimate of drug-likeness (QED) is 0.300. The average Bonchev–Trinajstić information content (AvgIpc) is 3.56. The van der Waals surface area contributed by atoms with Gasteiger partial charge in [-0.05, 0) is 60.4 Å². The number of hydrogen-bond donors (Lipinski definition) is 2. The molecule has 0 saturated heterocycles. The second-order valence-corrected chi connectivity index (χ2v) is 9.12. The first-order valence-corrected chi connectivity index (χ1v) is 12.3. The Hall–Kier alpha value is -4.43. The zero-order valence-corrected chi connectivity index (χ0v) is 20.4. The van der Waals surface area contributed by atoms with Crippen molar-refractivity contribution in [2.75, 3.05) is 0 Å². The summed E-state index contributed by atoms with van der Waals surface area (Å²) >= 11 is 0. The Kier molecular flexibility index (Phi) is 6.16. The molecule has 0 amide bonds. The SMILES string of the molecule is Cc1cccc(-c2[nH]c(CNCc3ccccc3C3=CC=C(F)CC3)nc2-c2ccc3ncnn3c2)n1. The van der Waals surface area contributed by atoms with Gasteiger partial charge in [-0.15, -0.1) is 0 Å². The monoisotopic (exact) mass is 491 g/mol. The lowest BCUT2D eigenvalue weighted by molar-refractivity contribution is 0.590. The summed E-state index contributed by atoms with van der Waals surface area (Å²) in [6.45, 7) is 3.19. The van der Waals surface area contributed by atoms with Crippen LogP contribution in [0, 0.1) is 6.92 Å². The van der Waals surface area contributed by atoms with E-state index in [1.165, 1.54) is 11.9 Å². The van der Waals surface area contributed by atoms with E-state index in [-0.39, 0.29) is 5.83 Å². The van der Waals surface area contributed by atoms with Crippen molar-refractivity contribution in [3.8, 4) is 22.6 Å². The molecule has 2 N–H and O–H groups in total. The van der Waals surface area contributed by atoms with E-state index < -0.39 is 0 Å². The minimum atomic E-state index is -0.0603. The van der Waals surface area contributed by atoms with Crippen LogP contribution in [0.3, 0.4) is 0 Å². The molecule has 0 spiro atoms. The van der Waals surface area contributed by atoms with Crippen LogP contribution in [0.15, 0.2) is 85.1 Å². The van der Waals surface area contributed by atoms with E-state index in [4.69, 9.17) is 9.97 Å². The molecule has 0 unspecified atom stereocenters. The number of allylic oxidation sites excluding steroid dienone is 4. The Morgan fingerprint density at radius 2 is 1.89 bits per heavy atom. The first-order chi connectivity index (χ1) is 18.1. The molecule has 0 atom stereocenters. The van der Waals surface area contributed by atoms with Crippen LogP contribution >= 0.6 is 0 Å². The number of halogens is 1. The maximum Gasteiger partial charge on any atom is 0.155 e. The fraction of sp³-hybridized carbons (Fsp3) is 0.172. The van der Waals surface area contributed by atoms with Crippen LogP contribution in [-0.2, 0) is 13.1 Å². The van der Waals surface area contributed by atoms with Crippen molar-refractivity contribution < 1.29 is 4.39 Å². The highest BCUT2D eigenvalue weighted by atomic mass is 19.1. The van der Waals surface area contributed by atoms with Gasteiger partial charge < -0.3 is 10.3 Å². The number of H-pyrrole nitrogens is 1. The molecule has 1 aliphatic rings. The maximum atomic E-state index is 13.5. The topological polar surface area (TPSA) is 83.8 Å². The summed E-state index contributed by atoms with van der Waals surface area (Å²) in [4.78, 5) is 17.4. The molecule has 1 aliphatic carbocycles. The number of imidazole rings is 1. The molecule has 6 rings (SSSR count). The highest BCUT2D eigenvalue weighted by Gasteiger charge is 2.17. The van der Waals surface area contributed by atoms with Gasteiger partial charge in [-0.2, -0.15) is 5.10 Å². The molecular formula is C29H26FN7. The molecule has 4 aromatic heterocycles. The van der Waals surface area contributed by atoms with Crippen LogP contribution in [0.5, 0.6) is 0 Å². The summed E-state index contributed by atoms with van der Waals surface area (Å²) in [7, 11) is 0. The number of rotatable bonds is 7. The van der Waals surface area contributed by atoms with Gasteiger partial charge >= 0.3 is 0 Å². The maximum absolute atomic E-state index is 13.5. The highest BCUT2D eigenvalue weighted by Crippen LogP contribution is 2.31. The van der Waals surface area contributed by atoms with Crippen molar-refractivity contribution in [2.45, 2.75) is 32.9 Å². The number of fused-ring (bicyclic) bond motifs is 1. The Morgan fingerprint density at radius 1 is 0.973 bits per heavy atom. The van der Waals surface area contributed by atoms with E-state index in [0.29, 0.717) is 25.9 Å². The number of pyridine rings is 2. The molecule has 0 fully saturated rings. The molecular weight excluding hydrogens is 465 g/mol. The van der Waals surface area contributed by atoms with E-state index >= 15 is 0 Å². The summed E-state index contributed by atoms with van der Waals surface area (Å²) in [5.74, 6) is 0.751. The van der Waals surface area contributed by atoms with E-state index in [1.54, 1.807) is 10.6 Å². The van der Waals surface area contributed by atoms with Crippen LogP contribution in [0.2, 0.25) is 0 Å². The standard InChI is InChI=1S/C29H26FN7/c1-19-5-4-8-25(34-19)29-28(22-11-14-27-32-18-33-37(27)17-22)35-26(36-29)16-31-15-21-6-2-3-7-24(21)20-9-12-23(30)13-10-20/h2-9,11-12,14,17-18,31H,10,13,15-16H2,1H3,(H,35,36). The van der Waals surface area contributed by atoms with E-state index in [1.807, 2.05) is 61.7 Å². The zero-order valence-electron chi connectivity index (χ0n) is 20.4. The number of aromatic amines is 1. The van der Waals surface area contributed by atoms with E-state index in [2.05, 4.69) is 32.5 Å². The Labute approximate surface area is 213 Å². The van der Waals surface area contributed by atoms with Crippen LogP contribution in [0.1, 0.15) is 35.5 Å². The summed E-state index contributed by atoms with van der Waals surface area (Å²) < 4.78 is 15.3. The number of nitrogens with one attached hydrogen (secondary N) is 2. The van der Waals surface area contributed by atoms with Gasteiger partial charge in [-0.3, -0.25) is 4.98 Å². The number of nitrogens with zero attached hydrogens (tertiary/aromatic N) is 5. The van der Waals surface area contributed by atoms with Gasteiger partial charge in [-0.25, -0.2) is 18.9 Å². The van der Waals surface area contributed by atoms with Crippen LogP contribution < -0.4 is 5.32 Å². The largest absolute Gasteiger partial charge is 0.339 e. The molecule has 1 aromatic carbocycles. The molecule has 7 nitrogen and oxygen atoms in total. The third kappa shape index (κ3) is 4.83. The van der Waals surface area contributed by atoms with Crippen molar-refractivity contribution >= 4 is 11.2 Å². The molecule has 0 aliphatic heterocycles. The fourth-order valence-corrected chi connectivity index (χ4v) is 4.68. The predicted molar refractivity (Wildman–Crippen MR) is 142 cm³/mol. The van der Waals surface area contributed by atoms with Crippen molar-refractivity contribution in [1.82, 2.24) is 34.9 Å². The number of hydrogen-bond acceptors (Lipinski definition) is 5. The van der Waals surface area contributed by atoms with E-state index in [9.17, 15) is 4.39 Å². The zero-order chi connectivity index (χ0) is 25.2.